The largest absolute Gasteiger partial charge is 0.352 e. The molecular weight excluding hydrogens is 354 g/mol. The molecule has 1 atom stereocenters. The molecule has 8 heteroatoms. The van der Waals surface area contributed by atoms with E-state index < -0.39 is 0 Å². The summed E-state index contributed by atoms with van der Waals surface area (Å²) in [5.74, 6) is 2.47. The van der Waals surface area contributed by atoms with Gasteiger partial charge < -0.3 is 4.90 Å². The van der Waals surface area contributed by atoms with Crippen molar-refractivity contribution in [2.45, 2.75) is 64.0 Å². The highest BCUT2D eigenvalue weighted by Gasteiger charge is 2.30. The van der Waals surface area contributed by atoms with Gasteiger partial charge in [0.25, 0.3) is 11.3 Å². The van der Waals surface area contributed by atoms with E-state index >= 15 is 0 Å². The van der Waals surface area contributed by atoms with Gasteiger partial charge in [-0.15, -0.1) is 0 Å². The van der Waals surface area contributed by atoms with Crippen LogP contribution in [0.2, 0.25) is 0 Å². The molecule has 1 saturated carbocycles. The fourth-order valence-corrected chi connectivity index (χ4v) is 4.03. The van der Waals surface area contributed by atoms with E-state index in [9.17, 15) is 4.79 Å². The van der Waals surface area contributed by atoms with Gasteiger partial charge in [-0.1, -0.05) is 13.8 Å². The van der Waals surface area contributed by atoms with Crippen LogP contribution in [0.5, 0.6) is 0 Å². The van der Waals surface area contributed by atoms with Crippen molar-refractivity contribution in [1.82, 2.24) is 29.4 Å². The van der Waals surface area contributed by atoms with Crippen LogP contribution in [0.25, 0.3) is 5.78 Å². The van der Waals surface area contributed by atoms with Crippen molar-refractivity contribution in [3.05, 3.63) is 46.3 Å². The molecule has 0 amide bonds. The van der Waals surface area contributed by atoms with Crippen LogP contribution in [0, 0.1) is 0 Å². The summed E-state index contributed by atoms with van der Waals surface area (Å²) in [4.78, 5) is 23.7. The Morgan fingerprint density at radius 2 is 2.07 bits per heavy atom. The van der Waals surface area contributed by atoms with E-state index in [4.69, 9.17) is 0 Å². The lowest BCUT2D eigenvalue weighted by molar-refractivity contribution is 0.479. The third kappa shape index (κ3) is 3.06. The number of fused-ring (bicyclic) bond motifs is 1. The van der Waals surface area contributed by atoms with Gasteiger partial charge in [0.2, 0.25) is 0 Å². The van der Waals surface area contributed by atoms with Crippen LogP contribution in [0.1, 0.15) is 62.8 Å². The highest BCUT2D eigenvalue weighted by atomic mass is 16.1. The van der Waals surface area contributed by atoms with Crippen molar-refractivity contribution in [3.8, 4) is 0 Å². The summed E-state index contributed by atoms with van der Waals surface area (Å²) in [6.45, 7) is 5.79. The second-order valence-electron chi connectivity index (χ2n) is 8.21. The number of anilines is 1. The van der Waals surface area contributed by atoms with Gasteiger partial charge in [-0.2, -0.15) is 19.7 Å². The summed E-state index contributed by atoms with van der Waals surface area (Å²) >= 11 is 0. The Kier molecular flexibility index (Phi) is 4.14. The van der Waals surface area contributed by atoms with Gasteiger partial charge in [0, 0.05) is 24.6 Å². The van der Waals surface area contributed by atoms with Crippen molar-refractivity contribution in [1.29, 1.82) is 0 Å². The van der Waals surface area contributed by atoms with E-state index in [1.807, 2.05) is 6.07 Å². The second-order valence-corrected chi connectivity index (χ2v) is 8.21. The molecule has 2 aliphatic rings. The maximum Gasteiger partial charge on any atom is 0.266 e. The molecule has 0 N–H and O–H groups in total. The highest BCUT2D eigenvalue weighted by molar-refractivity contribution is 5.49. The summed E-state index contributed by atoms with van der Waals surface area (Å²) in [6, 6.07) is 5.87. The molecule has 0 radical (unpaired) electrons. The number of rotatable bonds is 5. The molecule has 1 aliphatic carbocycles. The number of hydrogen-bond donors (Lipinski definition) is 0. The van der Waals surface area contributed by atoms with E-state index in [1.165, 1.54) is 12.8 Å². The van der Waals surface area contributed by atoms with Crippen LogP contribution >= 0.6 is 0 Å². The Bertz CT molecular complexity index is 1070. The van der Waals surface area contributed by atoms with Gasteiger partial charge in [0.15, 0.2) is 0 Å². The molecule has 1 aliphatic heterocycles. The second kappa shape index (κ2) is 6.68. The zero-order valence-corrected chi connectivity index (χ0v) is 16.3. The standard InChI is InChI=1S/C20H25N7O/c1-13(2)17-10-18(27-20(23-17)21-12-22-27)25-9-3-4-15(25)11-26-19(28)8-7-16(24-26)14-5-6-14/h7-8,10,12-15H,3-6,9,11H2,1-2H3. The van der Waals surface area contributed by atoms with Crippen LogP contribution < -0.4 is 10.5 Å². The zero-order valence-electron chi connectivity index (χ0n) is 16.3. The van der Waals surface area contributed by atoms with E-state index in [-0.39, 0.29) is 11.6 Å². The van der Waals surface area contributed by atoms with Gasteiger partial charge >= 0.3 is 0 Å². The molecule has 8 nitrogen and oxygen atoms in total. The Labute approximate surface area is 163 Å². The molecule has 28 heavy (non-hydrogen) atoms. The Hall–Kier alpha value is -2.77. The first-order chi connectivity index (χ1) is 13.6. The topological polar surface area (TPSA) is 81.2 Å². The van der Waals surface area contributed by atoms with E-state index in [1.54, 1.807) is 21.6 Å². The van der Waals surface area contributed by atoms with Gasteiger partial charge in [0.1, 0.15) is 12.1 Å². The summed E-state index contributed by atoms with van der Waals surface area (Å²) < 4.78 is 3.46. The quantitative estimate of drug-likeness (QED) is 0.677. The molecule has 4 heterocycles. The SMILES string of the molecule is CC(C)c1cc(N2CCCC2Cn2nc(C3CC3)ccc2=O)n2ncnc2n1. The normalized spacial score (nSPS) is 19.8. The number of nitrogens with zero attached hydrogens (tertiary/aromatic N) is 7. The van der Waals surface area contributed by atoms with Crippen LogP contribution in [0.4, 0.5) is 5.82 Å². The number of hydrogen-bond acceptors (Lipinski definition) is 6. The fourth-order valence-electron chi connectivity index (χ4n) is 4.03. The minimum absolute atomic E-state index is 0.0280. The van der Waals surface area contributed by atoms with Crippen molar-refractivity contribution < 1.29 is 0 Å². The Morgan fingerprint density at radius 3 is 2.86 bits per heavy atom. The lowest BCUT2D eigenvalue weighted by atomic mass is 10.1. The lowest BCUT2D eigenvalue weighted by Crippen LogP contribution is -2.38. The average molecular weight is 379 g/mol. The third-order valence-corrected chi connectivity index (χ3v) is 5.78. The van der Waals surface area contributed by atoms with Gasteiger partial charge in [0.05, 0.1) is 24.0 Å². The summed E-state index contributed by atoms with van der Waals surface area (Å²) in [7, 11) is 0. The van der Waals surface area contributed by atoms with Gasteiger partial charge in [-0.25, -0.2) is 9.67 Å². The van der Waals surface area contributed by atoms with Crippen molar-refractivity contribution in [2.24, 2.45) is 0 Å². The average Bonchev–Trinajstić information content (AvgIpc) is 3.24. The molecule has 0 bridgehead atoms. The van der Waals surface area contributed by atoms with E-state index in [0.29, 0.717) is 24.2 Å². The molecule has 2 fully saturated rings. The molecular formula is C20H25N7O. The molecule has 5 rings (SSSR count). The predicted molar refractivity (Wildman–Crippen MR) is 106 cm³/mol. The first kappa shape index (κ1) is 17.3. The summed E-state index contributed by atoms with van der Waals surface area (Å²) in [5.41, 5.74) is 2.03. The van der Waals surface area contributed by atoms with Crippen LogP contribution in [-0.2, 0) is 6.54 Å². The smallest absolute Gasteiger partial charge is 0.266 e. The molecule has 1 saturated heterocycles. The van der Waals surface area contributed by atoms with Gasteiger partial charge in [-0.05, 0) is 37.7 Å². The van der Waals surface area contributed by atoms with E-state index in [2.05, 4.69) is 45.0 Å². The van der Waals surface area contributed by atoms with Gasteiger partial charge in [-0.3, -0.25) is 4.79 Å². The minimum atomic E-state index is -0.0280. The first-order valence-electron chi connectivity index (χ1n) is 10.2. The minimum Gasteiger partial charge on any atom is -0.352 e. The highest BCUT2D eigenvalue weighted by Crippen LogP contribution is 2.38. The molecule has 0 spiro atoms. The predicted octanol–water partition coefficient (Wildman–Crippen LogP) is 2.35. The molecule has 1 unspecified atom stereocenters. The Morgan fingerprint density at radius 1 is 1.21 bits per heavy atom. The van der Waals surface area contributed by atoms with Crippen LogP contribution in [-0.4, -0.2) is 41.9 Å². The van der Waals surface area contributed by atoms with Crippen LogP contribution in [0.3, 0.4) is 0 Å². The molecule has 146 valence electrons. The van der Waals surface area contributed by atoms with E-state index in [0.717, 1.165) is 36.6 Å². The maximum atomic E-state index is 12.4. The summed E-state index contributed by atoms with van der Waals surface area (Å²) in [5, 5.41) is 9.04. The zero-order chi connectivity index (χ0) is 19.3. The maximum absolute atomic E-state index is 12.4. The molecule has 0 aromatic carbocycles. The fraction of sp³-hybridized carbons (Fsp3) is 0.550. The van der Waals surface area contributed by atoms with Crippen molar-refractivity contribution >= 4 is 11.6 Å². The van der Waals surface area contributed by atoms with Crippen LogP contribution in [0.15, 0.2) is 29.3 Å². The monoisotopic (exact) mass is 379 g/mol. The van der Waals surface area contributed by atoms with Crippen molar-refractivity contribution in [2.75, 3.05) is 11.4 Å². The summed E-state index contributed by atoms with van der Waals surface area (Å²) in [6.07, 6.45) is 6.01. The lowest BCUT2D eigenvalue weighted by Gasteiger charge is -2.27. The third-order valence-electron chi connectivity index (χ3n) is 5.78. The Balaban J connectivity index is 1.50. The number of aromatic nitrogens is 6. The molecule has 3 aromatic rings. The molecule has 3 aromatic heterocycles. The van der Waals surface area contributed by atoms with Crippen molar-refractivity contribution in [3.63, 3.8) is 0 Å². The first-order valence-corrected chi connectivity index (χ1v) is 10.2.